The van der Waals surface area contributed by atoms with E-state index in [2.05, 4.69) is 34.1 Å². The summed E-state index contributed by atoms with van der Waals surface area (Å²) in [6.45, 7) is 4.17. The second-order valence-corrected chi connectivity index (χ2v) is 7.91. The monoisotopic (exact) mass is 437 g/mol. The molecule has 32 heavy (non-hydrogen) atoms. The van der Waals surface area contributed by atoms with E-state index < -0.39 is 11.7 Å². The Morgan fingerprint density at radius 1 is 0.906 bits per heavy atom. The maximum atomic E-state index is 13.0. The van der Waals surface area contributed by atoms with E-state index in [1.54, 1.807) is 6.33 Å². The van der Waals surface area contributed by atoms with E-state index in [4.69, 9.17) is 4.74 Å². The molecule has 4 nitrogen and oxygen atoms in total. The zero-order valence-electron chi connectivity index (χ0n) is 17.3. The first kappa shape index (κ1) is 20.7. The minimum absolute atomic E-state index is 0.318. The van der Waals surface area contributed by atoms with Crippen LogP contribution in [0, 0.1) is 0 Å². The number of ether oxygens (including phenoxy) is 1. The first-order valence-corrected chi connectivity index (χ1v) is 10.5. The van der Waals surface area contributed by atoms with Crippen LogP contribution in [0.2, 0.25) is 0 Å². The summed E-state index contributed by atoms with van der Waals surface area (Å²) in [7, 11) is 0. The smallest absolute Gasteiger partial charge is 0.379 e. The van der Waals surface area contributed by atoms with Crippen molar-refractivity contribution in [2.75, 3.05) is 26.3 Å². The molecule has 0 unspecified atom stereocenters. The van der Waals surface area contributed by atoms with Crippen molar-refractivity contribution >= 4 is 11.0 Å². The molecule has 7 heteroatoms. The van der Waals surface area contributed by atoms with E-state index in [1.165, 1.54) is 11.6 Å². The Hall–Kier alpha value is -3.16. The Balaban J connectivity index is 1.50. The fraction of sp³-hybridized carbons (Fsp3) is 0.240. The van der Waals surface area contributed by atoms with Crippen LogP contribution < -0.4 is 0 Å². The SMILES string of the molecule is FC(F)(F)c1ccc2c(c1)ncn2-c1cccc(-c2ccccc2CN2CCOCC2)c1. The fourth-order valence-electron chi connectivity index (χ4n) is 4.16. The zero-order valence-corrected chi connectivity index (χ0v) is 17.3. The average molecular weight is 437 g/mol. The molecule has 3 aromatic carbocycles. The van der Waals surface area contributed by atoms with Crippen molar-refractivity contribution in [1.29, 1.82) is 0 Å². The van der Waals surface area contributed by atoms with Gasteiger partial charge in [0.05, 0.1) is 29.8 Å². The summed E-state index contributed by atoms with van der Waals surface area (Å²) in [6.07, 6.45) is -2.81. The maximum absolute atomic E-state index is 13.0. The summed E-state index contributed by atoms with van der Waals surface area (Å²) in [5.74, 6) is 0. The van der Waals surface area contributed by atoms with Crippen LogP contribution >= 0.6 is 0 Å². The molecule has 0 bridgehead atoms. The molecule has 0 atom stereocenters. The molecule has 5 rings (SSSR count). The quantitative estimate of drug-likeness (QED) is 0.420. The van der Waals surface area contributed by atoms with E-state index in [0.29, 0.717) is 11.0 Å². The van der Waals surface area contributed by atoms with Gasteiger partial charge < -0.3 is 4.74 Å². The molecule has 1 fully saturated rings. The fourth-order valence-corrected chi connectivity index (χ4v) is 4.16. The molecule has 0 radical (unpaired) electrons. The van der Waals surface area contributed by atoms with Crippen LogP contribution in [0.1, 0.15) is 11.1 Å². The second kappa shape index (κ2) is 8.41. The van der Waals surface area contributed by atoms with E-state index in [9.17, 15) is 13.2 Å². The van der Waals surface area contributed by atoms with Crippen LogP contribution in [0.4, 0.5) is 13.2 Å². The summed E-state index contributed by atoms with van der Waals surface area (Å²) >= 11 is 0. The van der Waals surface area contributed by atoms with Crippen molar-refractivity contribution in [2.45, 2.75) is 12.7 Å². The van der Waals surface area contributed by atoms with Crippen LogP contribution in [0.5, 0.6) is 0 Å². The lowest BCUT2D eigenvalue weighted by Gasteiger charge is -2.27. The summed E-state index contributed by atoms with van der Waals surface area (Å²) in [4.78, 5) is 6.59. The van der Waals surface area contributed by atoms with Crippen LogP contribution in [0.3, 0.4) is 0 Å². The molecule has 2 heterocycles. The molecule has 164 valence electrons. The van der Waals surface area contributed by atoms with Crippen LogP contribution in [0.15, 0.2) is 73.1 Å². The Kier molecular flexibility index (Phi) is 5.45. The topological polar surface area (TPSA) is 30.3 Å². The third-order valence-corrected chi connectivity index (χ3v) is 5.82. The lowest BCUT2D eigenvalue weighted by molar-refractivity contribution is -0.137. The number of alkyl halides is 3. The van der Waals surface area contributed by atoms with Gasteiger partial charge in [-0.05, 0) is 47.0 Å². The first-order valence-electron chi connectivity index (χ1n) is 10.5. The molecule has 1 aromatic heterocycles. The standard InChI is InChI=1S/C25H22F3N3O/c26-25(27,28)20-8-9-24-23(15-20)29-17-31(24)21-6-3-5-18(14-21)22-7-2-1-4-19(22)16-30-10-12-32-13-11-30/h1-9,14-15,17H,10-13,16H2. The number of aromatic nitrogens is 2. The molecular weight excluding hydrogens is 415 g/mol. The molecule has 1 aliphatic rings. The summed E-state index contributed by atoms with van der Waals surface area (Å²) in [5.41, 5.74) is 4.54. The van der Waals surface area contributed by atoms with E-state index >= 15 is 0 Å². The van der Waals surface area contributed by atoms with Gasteiger partial charge in [-0.3, -0.25) is 9.47 Å². The average Bonchev–Trinajstić information content (AvgIpc) is 3.23. The number of halogens is 3. The number of rotatable bonds is 4. The molecule has 0 spiro atoms. The van der Waals surface area contributed by atoms with E-state index in [0.717, 1.165) is 61.8 Å². The predicted octanol–water partition coefficient (Wildman–Crippen LogP) is 5.54. The van der Waals surface area contributed by atoms with Crippen LogP contribution in [-0.2, 0) is 17.5 Å². The third-order valence-electron chi connectivity index (χ3n) is 5.82. The molecule has 0 amide bonds. The van der Waals surface area contributed by atoms with Crippen molar-refractivity contribution < 1.29 is 17.9 Å². The summed E-state index contributed by atoms with van der Waals surface area (Å²) < 4.78 is 46.4. The Labute approximate surface area is 183 Å². The van der Waals surface area contributed by atoms with Crippen molar-refractivity contribution in [2.24, 2.45) is 0 Å². The number of nitrogens with zero attached hydrogens (tertiary/aromatic N) is 3. The number of fused-ring (bicyclic) bond motifs is 1. The normalized spacial score (nSPS) is 15.3. The third kappa shape index (κ3) is 4.13. The number of morpholine rings is 1. The van der Waals surface area contributed by atoms with Gasteiger partial charge in [-0.2, -0.15) is 13.2 Å². The zero-order chi connectivity index (χ0) is 22.1. The van der Waals surface area contributed by atoms with Crippen molar-refractivity contribution in [3.8, 4) is 16.8 Å². The molecule has 1 aliphatic heterocycles. The Morgan fingerprint density at radius 2 is 1.72 bits per heavy atom. The Bertz CT molecular complexity index is 1240. The first-order chi connectivity index (χ1) is 15.5. The lowest BCUT2D eigenvalue weighted by atomic mass is 9.98. The highest BCUT2D eigenvalue weighted by Gasteiger charge is 2.30. The molecular formula is C25H22F3N3O. The second-order valence-electron chi connectivity index (χ2n) is 7.91. The maximum Gasteiger partial charge on any atom is 0.416 e. The van der Waals surface area contributed by atoms with E-state index in [-0.39, 0.29) is 0 Å². The number of hydrogen-bond donors (Lipinski definition) is 0. The molecule has 1 saturated heterocycles. The number of benzene rings is 3. The lowest BCUT2D eigenvalue weighted by Crippen LogP contribution is -2.35. The van der Waals surface area contributed by atoms with Gasteiger partial charge in [0, 0.05) is 25.3 Å². The molecule has 0 aliphatic carbocycles. The van der Waals surface area contributed by atoms with Crippen molar-refractivity contribution in [3.63, 3.8) is 0 Å². The van der Waals surface area contributed by atoms with Gasteiger partial charge in [0.1, 0.15) is 6.33 Å². The highest BCUT2D eigenvalue weighted by atomic mass is 19.4. The van der Waals surface area contributed by atoms with Crippen LogP contribution in [0.25, 0.3) is 27.8 Å². The Morgan fingerprint density at radius 3 is 2.53 bits per heavy atom. The molecule has 4 aromatic rings. The van der Waals surface area contributed by atoms with Gasteiger partial charge in [-0.15, -0.1) is 0 Å². The number of hydrogen-bond acceptors (Lipinski definition) is 3. The molecule has 0 N–H and O–H groups in total. The van der Waals surface area contributed by atoms with Crippen molar-refractivity contribution in [3.05, 3.63) is 84.2 Å². The van der Waals surface area contributed by atoms with Gasteiger partial charge in [0.15, 0.2) is 0 Å². The highest BCUT2D eigenvalue weighted by Crippen LogP contribution is 2.32. The summed E-state index contributed by atoms with van der Waals surface area (Å²) in [6, 6.07) is 20.0. The van der Waals surface area contributed by atoms with Gasteiger partial charge in [0.2, 0.25) is 0 Å². The summed E-state index contributed by atoms with van der Waals surface area (Å²) in [5, 5.41) is 0. The van der Waals surface area contributed by atoms with E-state index in [1.807, 2.05) is 28.8 Å². The minimum atomic E-state index is -4.39. The van der Waals surface area contributed by atoms with Crippen molar-refractivity contribution in [1.82, 2.24) is 14.5 Å². The predicted molar refractivity (Wildman–Crippen MR) is 118 cm³/mol. The van der Waals surface area contributed by atoms with Gasteiger partial charge in [-0.1, -0.05) is 36.4 Å². The highest BCUT2D eigenvalue weighted by molar-refractivity contribution is 5.79. The minimum Gasteiger partial charge on any atom is -0.379 e. The van der Waals surface area contributed by atoms with Crippen LogP contribution in [-0.4, -0.2) is 40.8 Å². The van der Waals surface area contributed by atoms with Gasteiger partial charge in [-0.25, -0.2) is 4.98 Å². The number of imidazole rings is 1. The van der Waals surface area contributed by atoms with Gasteiger partial charge >= 0.3 is 6.18 Å². The van der Waals surface area contributed by atoms with Gasteiger partial charge in [0.25, 0.3) is 0 Å². The molecule has 0 saturated carbocycles. The largest absolute Gasteiger partial charge is 0.416 e.